The summed E-state index contributed by atoms with van der Waals surface area (Å²) in [7, 11) is 1.77. The summed E-state index contributed by atoms with van der Waals surface area (Å²) in [6.07, 6.45) is 2.41. The Kier molecular flexibility index (Phi) is 4.79. The summed E-state index contributed by atoms with van der Waals surface area (Å²) >= 11 is 12.1. The molecule has 2 aromatic carbocycles. The van der Waals surface area contributed by atoms with Crippen LogP contribution in [0.1, 0.15) is 5.69 Å². The van der Waals surface area contributed by atoms with Gasteiger partial charge in [-0.1, -0.05) is 29.3 Å². The second-order valence-corrected chi connectivity index (χ2v) is 6.35. The van der Waals surface area contributed by atoms with Crippen molar-refractivity contribution in [1.29, 1.82) is 0 Å². The molecular weight excluding hydrogens is 364 g/mol. The van der Waals surface area contributed by atoms with Gasteiger partial charge in [-0.25, -0.2) is 4.39 Å². The summed E-state index contributed by atoms with van der Waals surface area (Å²) in [5, 5.41) is 5.01. The zero-order chi connectivity index (χ0) is 18.1. The average molecular weight is 378 g/mol. The van der Waals surface area contributed by atoms with Crippen LogP contribution in [0.25, 0.3) is 11.1 Å². The molecule has 0 aliphatic rings. The van der Waals surface area contributed by atoms with Crippen molar-refractivity contribution < 1.29 is 9.18 Å². The van der Waals surface area contributed by atoms with E-state index in [-0.39, 0.29) is 0 Å². The number of carbonyl (C=O) groups is 1. The highest BCUT2D eigenvalue weighted by atomic mass is 35.5. The maximum atomic E-state index is 13.9. The number of hydrogen-bond donors (Lipinski definition) is 0. The first kappa shape index (κ1) is 17.5. The first-order chi connectivity index (χ1) is 11.9. The number of halogens is 3. The molecule has 0 aliphatic heterocycles. The molecule has 0 radical (unpaired) electrons. The largest absolute Gasteiger partial charge is 0.280 e. The minimum absolute atomic E-state index is 0.351. The standard InChI is InChI=1S/C18H14Cl2FN3O/c1-11-18(9-23(2)22-11)24(10-25)17-6-4-13(21)8-14(17)12-3-5-15(19)16(20)7-12/h3-10H,1-2H3. The number of nitrogens with zero attached hydrogens (tertiary/aromatic N) is 3. The van der Waals surface area contributed by atoms with Gasteiger partial charge in [0.25, 0.3) is 0 Å². The van der Waals surface area contributed by atoms with Crippen molar-refractivity contribution >= 4 is 41.0 Å². The fourth-order valence-corrected chi connectivity index (χ4v) is 2.98. The first-order valence-electron chi connectivity index (χ1n) is 7.40. The van der Waals surface area contributed by atoms with Gasteiger partial charge in [0.05, 0.1) is 27.1 Å². The van der Waals surface area contributed by atoms with Gasteiger partial charge < -0.3 is 0 Å². The minimum Gasteiger partial charge on any atom is -0.280 e. The molecule has 0 spiro atoms. The summed E-state index contributed by atoms with van der Waals surface area (Å²) < 4.78 is 15.5. The Morgan fingerprint density at radius 3 is 2.48 bits per heavy atom. The lowest BCUT2D eigenvalue weighted by Gasteiger charge is -2.20. The van der Waals surface area contributed by atoms with Gasteiger partial charge >= 0.3 is 0 Å². The van der Waals surface area contributed by atoms with Crippen LogP contribution in [0.4, 0.5) is 15.8 Å². The molecule has 0 atom stereocenters. The monoisotopic (exact) mass is 377 g/mol. The highest BCUT2D eigenvalue weighted by molar-refractivity contribution is 6.42. The average Bonchev–Trinajstić information content (AvgIpc) is 2.90. The van der Waals surface area contributed by atoms with E-state index in [1.54, 1.807) is 49.1 Å². The van der Waals surface area contributed by atoms with Gasteiger partial charge in [0.15, 0.2) is 0 Å². The van der Waals surface area contributed by atoms with Gasteiger partial charge in [-0.05, 0) is 42.8 Å². The zero-order valence-corrected chi connectivity index (χ0v) is 15.0. The third-order valence-corrected chi connectivity index (χ3v) is 4.54. The Morgan fingerprint density at radius 2 is 1.88 bits per heavy atom. The Bertz CT molecular complexity index is 955. The van der Waals surface area contributed by atoms with Gasteiger partial charge in [0.2, 0.25) is 6.41 Å². The second kappa shape index (κ2) is 6.86. The van der Waals surface area contributed by atoms with E-state index in [0.717, 1.165) is 0 Å². The summed E-state index contributed by atoms with van der Waals surface area (Å²) in [6, 6.07) is 9.21. The topological polar surface area (TPSA) is 38.1 Å². The van der Waals surface area contributed by atoms with Crippen LogP contribution in [0.2, 0.25) is 10.0 Å². The molecule has 3 rings (SSSR count). The SMILES string of the molecule is Cc1nn(C)cc1N(C=O)c1ccc(F)cc1-c1ccc(Cl)c(Cl)c1. The fourth-order valence-electron chi connectivity index (χ4n) is 2.68. The molecule has 1 amide bonds. The van der Waals surface area contributed by atoms with Crippen molar-refractivity contribution in [3.63, 3.8) is 0 Å². The third kappa shape index (κ3) is 3.38. The van der Waals surface area contributed by atoms with Crippen molar-refractivity contribution in [2.45, 2.75) is 6.92 Å². The van der Waals surface area contributed by atoms with E-state index in [9.17, 15) is 9.18 Å². The lowest BCUT2D eigenvalue weighted by molar-refractivity contribution is -0.106. The van der Waals surface area contributed by atoms with Crippen LogP contribution in [0.15, 0.2) is 42.6 Å². The van der Waals surface area contributed by atoms with Gasteiger partial charge in [0, 0.05) is 18.8 Å². The Balaban J connectivity index is 2.20. The maximum absolute atomic E-state index is 13.9. The molecule has 128 valence electrons. The highest BCUT2D eigenvalue weighted by Gasteiger charge is 2.19. The van der Waals surface area contributed by atoms with Gasteiger partial charge in [0.1, 0.15) is 5.82 Å². The predicted molar refractivity (Wildman–Crippen MR) is 98.0 cm³/mol. The van der Waals surface area contributed by atoms with Crippen molar-refractivity contribution in [3.8, 4) is 11.1 Å². The van der Waals surface area contributed by atoms with Crippen LogP contribution in [-0.4, -0.2) is 16.2 Å². The molecule has 0 unspecified atom stereocenters. The molecule has 7 heteroatoms. The summed E-state index contributed by atoms with van der Waals surface area (Å²) in [6.45, 7) is 1.80. The summed E-state index contributed by atoms with van der Waals surface area (Å²) in [5.74, 6) is -0.418. The number of carbonyl (C=O) groups excluding carboxylic acids is 1. The summed E-state index contributed by atoms with van der Waals surface area (Å²) in [5.41, 5.74) is 2.99. The molecule has 0 N–H and O–H groups in total. The molecule has 1 heterocycles. The first-order valence-corrected chi connectivity index (χ1v) is 8.16. The fraction of sp³-hybridized carbons (Fsp3) is 0.111. The van der Waals surface area contributed by atoms with Gasteiger partial charge in [-0.15, -0.1) is 0 Å². The van der Waals surface area contributed by atoms with E-state index < -0.39 is 5.82 Å². The van der Waals surface area contributed by atoms with Crippen LogP contribution >= 0.6 is 23.2 Å². The van der Waals surface area contributed by atoms with Crippen molar-refractivity contribution in [1.82, 2.24) is 9.78 Å². The summed E-state index contributed by atoms with van der Waals surface area (Å²) in [4.78, 5) is 13.2. The van der Waals surface area contributed by atoms with Crippen LogP contribution in [0.3, 0.4) is 0 Å². The number of benzene rings is 2. The van der Waals surface area contributed by atoms with E-state index in [1.165, 1.54) is 17.0 Å². The molecule has 1 aromatic heterocycles. The molecular formula is C18H14Cl2FN3O. The van der Waals surface area contributed by atoms with Crippen LogP contribution in [-0.2, 0) is 11.8 Å². The van der Waals surface area contributed by atoms with E-state index in [4.69, 9.17) is 23.2 Å². The third-order valence-electron chi connectivity index (χ3n) is 3.80. The van der Waals surface area contributed by atoms with Crippen LogP contribution < -0.4 is 4.90 Å². The number of amides is 1. The maximum Gasteiger partial charge on any atom is 0.218 e. The number of aryl methyl sites for hydroxylation is 2. The molecule has 25 heavy (non-hydrogen) atoms. The normalized spacial score (nSPS) is 10.8. The predicted octanol–water partition coefficient (Wildman–Crippen LogP) is 5.14. The van der Waals surface area contributed by atoms with Crippen LogP contribution in [0.5, 0.6) is 0 Å². The van der Waals surface area contributed by atoms with E-state index in [2.05, 4.69) is 5.10 Å². The lowest BCUT2D eigenvalue weighted by Crippen LogP contribution is -2.15. The molecule has 4 nitrogen and oxygen atoms in total. The van der Waals surface area contributed by atoms with Crippen molar-refractivity contribution in [3.05, 3.63) is 64.2 Å². The molecule has 0 bridgehead atoms. The molecule has 0 saturated carbocycles. The van der Waals surface area contributed by atoms with E-state index in [0.29, 0.717) is 44.7 Å². The molecule has 3 aromatic rings. The zero-order valence-electron chi connectivity index (χ0n) is 13.5. The quantitative estimate of drug-likeness (QED) is 0.590. The van der Waals surface area contributed by atoms with Crippen LogP contribution in [0, 0.1) is 12.7 Å². The molecule has 0 saturated heterocycles. The highest BCUT2D eigenvalue weighted by Crippen LogP contribution is 2.37. The smallest absolute Gasteiger partial charge is 0.218 e. The van der Waals surface area contributed by atoms with E-state index >= 15 is 0 Å². The molecule has 0 aliphatic carbocycles. The molecule has 0 fully saturated rings. The minimum atomic E-state index is -0.418. The number of rotatable bonds is 4. The second-order valence-electron chi connectivity index (χ2n) is 5.54. The van der Waals surface area contributed by atoms with Gasteiger partial charge in [-0.2, -0.15) is 5.10 Å². The van der Waals surface area contributed by atoms with Crippen molar-refractivity contribution in [2.24, 2.45) is 7.05 Å². The number of aromatic nitrogens is 2. The number of anilines is 2. The number of hydrogen-bond acceptors (Lipinski definition) is 2. The van der Waals surface area contributed by atoms with Gasteiger partial charge in [-0.3, -0.25) is 14.4 Å². The lowest BCUT2D eigenvalue weighted by atomic mass is 10.0. The Hall–Kier alpha value is -2.37. The Morgan fingerprint density at radius 1 is 1.12 bits per heavy atom. The Labute approximate surface area is 154 Å². The van der Waals surface area contributed by atoms with E-state index in [1.807, 2.05) is 0 Å². The van der Waals surface area contributed by atoms with Crippen molar-refractivity contribution in [2.75, 3.05) is 4.90 Å².